The molecule has 0 spiro atoms. The molecule has 8 heteroatoms. The van der Waals surface area contributed by atoms with Crippen molar-refractivity contribution in [3.8, 4) is 0 Å². The lowest BCUT2D eigenvalue weighted by atomic mass is 10.1. The van der Waals surface area contributed by atoms with Crippen LogP contribution in [0.2, 0.25) is 0 Å². The number of aromatic amines is 1. The Labute approximate surface area is 142 Å². The van der Waals surface area contributed by atoms with Gasteiger partial charge >= 0.3 is 0 Å². The third kappa shape index (κ3) is 3.82. The van der Waals surface area contributed by atoms with Crippen molar-refractivity contribution in [2.24, 2.45) is 0 Å². The van der Waals surface area contributed by atoms with Crippen molar-refractivity contribution < 1.29 is 9.05 Å². The first-order valence-corrected chi connectivity index (χ1v) is 8.85. The minimum Gasteiger partial charge on any atom is -0.361 e. The highest BCUT2D eigenvalue weighted by atomic mass is 31.2. The van der Waals surface area contributed by atoms with Crippen LogP contribution < -0.4 is 0 Å². The Hall–Kier alpha value is -1.79. The predicted molar refractivity (Wildman–Crippen MR) is 94.7 cm³/mol. The van der Waals surface area contributed by atoms with E-state index in [4.69, 9.17) is 9.05 Å². The van der Waals surface area contributed by atoms with E-state index >= 15 is 0 Å². The fourth-order valence-electron chi connectivity index (χ4n) is 2.75. The topological polar surface area (TPSA) is 68.2 Å². The number of hydrogen-bond acceptors (Lipinski definition) is 5. The Balaban J connectivity index is 1.73. The SMILES string of the molecule is COP(OC)N(C)CCc1c[nH]c2ccc(Cn3cncn3)cc12. The molecule has 128 valence electrons. The highest BCUT2D eigenvalue weighted by Gasteiger charge is 2.15. The third-order valence-electron chi connectivity index (χ3n) is 3.94. The van der Waals surface area contributed by atoms with Crippen molar-refractivity contribution in [2.45, 2.75) is 13.0 Å². The van der Waals surface area contributed by atoms with Crippen LogP contribution in [0.3, 0.4) is 0 Å². The van der Waals surface area contributed by atoms with Crippen LogP contribution in [0, 0.1) is 0 Å². The maximum absolute atomic E-state index is 5.34. The Morgan fingerprint density at radius 2 is 2.12 bits per heavy atom. The molecule has 3 rings (SSSR count). The number of nitrogens with one attached hydrogen (secondary N) is 1. The molecule has 3 aromatic rings. The first kappa shape index (κ1) is 17.0. The monoisotopic (exact) mass is 347 g/mol. The summed E-state index contributed by atoms with van der Waals surface area (Å²) in [6.45, 7) is 1.59. The molecule has 2 heterocycles. The molecule has 0 aliphatic carbocycles. The van der Waals surface area contributed by atoms with E-state index < -0.39 is 8.53 Å². The van der Waals surface area contributed by atoms with Crippen LogP contribution in [0.1, 0.15) is 11.1 Å². The molecule has 0 aliphatic heterocycles. The first-order chi connectivity index (χ1) is 11.7. The van der Waals surface area contributed by atoms with Gasteiger partial charge in [-0.25, -0.2) is 14.3 Å². The minimum atomic E-state index is -0.972. The summed E-state index contributed by atoms with van der Waals surface area (Å²) in [5.41, 5.74) is 3.65. The number of H-pyrrole nitrogens is 1. The molecule has 1 N–H and O–H groups in total. The van der Waals surface area contributed by atoms with E-state index in [0.29, 0.717) is 0 Å². The molecule has 0 amide bonds. The van der Waals surface area contributed by atoms with Crippen LogP contribution in [-0.2, 0) is 22.0 Å². The van der Waals surface area contributed by atoms with E-state index in [0.717, 1.165) is 25.0 Å². The van der Waals surface area contributed by atoms with Gasteiger partial charge in [0.15, 0.2) is 0 Å². The van der Waals surface area contributed by atoms with Crippen LogP contribution in [0.5, 0.6) is 0 Å². The van der Waals surface area contributed by atoms with Crippen LogP contribution in [-0.4, -0.2) is 52.2 Å². The van der Waals surface area contributed by atoms with Gasteiger partial charge in [0.1, 0.15) is 12.7 Å². The second-order valence-corrected chi connectivity index (χ2v) is 7.41. The van der Waals surface area contributed by atoms with Gasteiger partial charge in [-0.2, -0.15) is 5.10 Å². The summed E-state index contributed by atoms with van der Waals surface area (Å²) in [7, 11) is 4.39. The largest absolute Gasteiger partial charge is 0.361 e. The van der Waals surface area contributed by atoms with Gasteiger partial charge in [-0.05, 0) is 36.7 Å². The summed E-state index contributed by atoms with van der Waals surface area (Å²) < 4.78 is 14.6. The third-order valence-corrected chi connectivity index (χ3v) is 5.32. The summed E-state index contributed by atoms with van der Waals surface area (Å²) in [6.07, 6.45) is 6.30. The van der Waals surface area contributed by atoms with Gasteiger partial charge in [-0.1, -0.05) is 6.07 Å². The standard InChI is InChI=1S/C16H22N5O2P/c1-20(24(22-2)23-3)7-6-14-9-18-16-5-4-13(8-15(14)16)10-21-12-17-11-19-21/h4-5,8-9,11-12,18H,6-7,10H2,1-3H3. The molecule has 0 saturated carbocycles. The number of likely N-dealkylation sites (N-methyl/N-ethyl adjacent to an activating group) is 1. The van der Waals surface area contributed by atoms with Crippen molar-refractivity contribution in [1.29, 1.82) is 0 Å². The first-order valence-electron chi connectivity index (χ1n) is 7.72. The molecular formula is C16H22N5O2P. The fraction of sp³-hybridized carbons (Fsp3) is 0.375. The lowest BCUT2D eigenvalue weighted by Gasteiger charge is -2.22. The molecular weight excluding hydrogens is 325 g/mol. The number of nitrogens with zero attached hydrogens (tertiary/aromatic N) is 4. The van der Waals surface area contributed by atoms with Gasteiger partial charge in [0, 0.05) is 37.9 Å². The summed E-state index contributed by atoms with van der Waals surface area (Å²) in [4.78, 5) is 7.33. The zero-order valence-corrected chi connectivity index (χ0v) is 15.0. The van der Waals surface area contributed by atoms with Gasteiger partial charge < -0.3 is 14.0 Å². The average molecular weight is 347 g/mol. The minimum absolute atomic E-state index is 0.721. The fourth-order valence-corrected chi connectivity index (χ4v) is 3.72. The lowest BCUT2D eigenvalue weighted by Crippen LogP contribution is -2.17. The number of aromatic nitrogens is 4. The molecule has 0 atom stereocenters. The van der Waals surface area contributed by atoms with Crippen molar-refractivity contribution in [3.63, 3.8) is 0 Å². The van der Waals surface area contributed by atoms with Gasteiger partial charge in [0.25, 0.3) is 8.53 Å². The van der Waals surface area contributed by atoms with Crippen molar-refractivity contribution in [1.82, 2.24) is 24.4 Å². The molecule has 0 radical (unpaired) electrons. The maximum atomic E-state index is 5.34. The van der Waals surface area contributed by atoms with E-state index in [2.05, 4.69) is 44.1 Å². The number of benzene rings is 1. The highest BCUT2D eigenvalue weighted by Crippen LogP contribution is 2.39. The van der Waals surface area contributed by atoms with Gasteiger partial charge in [-0.15, -0.1) is 0 Å². The normalized spacial score (nSPS) is 11.9. The van der Waals surface area contributed by atoms with E-state index in [1.165, 1.54) is 16.5 Å². The molecule has 2 aromatic heterocycles. The van der Waals surface area contributed by atoms with E-state index in [1.54, 1.807) is 26.9 Å². The Bertz CT molecular complexity index is 770. The van der Waals surface area contributed by atoms with E-state index in [1.807, 2.05) is 11.7 Å². The summed E-state index contributed by atoms with van der Waals surface area (Å²) >= 11 is 0. The Morgan fingerprint density at radius 1 is 1.29 bits per heavy atom. The number of rotatable bonds is 8. The smallest absolute Gasteiger partial charge is 0.257 e. The van der Waals surface area contributed by atoms with Crippen LogP contribution in [0.25, 0.3) is 10.9 Å². The highest BCUT2D eigenvalue weighted by molar-refractivity contribution is 7.44. The average Bonchev–Trinajstić information content (AvgIpc) is 3.23. The molecule has 0 aliphatic rings. The van der Waals surface area contributed by atoms with E-state index in [-0.39, 0.29) is 0 Å². The molecule has 24 heavy (non-hydrogen) atoms. The lowest BCUT2D eigenvalue weighted by molar-refractivity contribution is 0.285. The summed E-state index contributed by atoms with van der Waals surface area (Å²) in [6, 6.07) is 6.45. The quantitative estimate of drug-likeness (QED) is 0.635. The number of fused-ring (bicyclic) bond motifs is 1. The van der Waals surface area contributed by atoms with Crippen LogP contribution in [0.4, 0.5) is 0 Å². The zero-order valence-electron chi connectivity index (χ0n) is 14.1. The molecule has 7 nitrogen and oxygen atoms in total. The van der Waals surface area contributed by atoms with Crippen molar-refractivity contribution in [3.05, 3.63) is 48.2 Å². The molecule has 0 saturated heterocycles. The Kier molecular flexibility index (Phi) is 5.58. The second kappa shape index (κ2) is 7.85. The molecule has 0 fully saturated rings. The van der Waals surface area contributed by atoms with Crippen molar-refractivity contribution >= 4 is 19.4 Å². The molecule has 0 unspecified atom stereocenters. The van der Waals surface area contributed by atoms with Gasteiger partial charge in [-0.3, -0.25) is 0 Å². The number of hydrogen-bond donors (Lipinski definition) is 1. The summed E-state index contributed by atoms with van der Waals surface area (Å²) in [5.74, 6) is 0. The van der Waals surface area contributed by atoms with Gasteiger partial charge in [0.05, 0.1) is 6.54 Å². The maximum Gasteiger partial charge on any atom is 0.257 e. The zero-order chi connectivity index (χ0) is 16.9. The Morgan fingerprint density at radius 3 is 2.83 bits per heavy atom. The van der Waals surface area contributed by atoms with Crippen LogP contribution in [0.15, 0.2) is 37.1 Å². The van der Waals surface area contributed by atoms with Gasteiger partial charge in [0.2, 0.25) is 0 Å². The van der Waals surface area contributed by atoms with Crippen molar-refractivity contribution in [2.75, 3.05) is 27.8 Å². The van der Waals surface area contributed by atoms with Crippen LogP contribution >= 0.6 is 8.53 Å². The molecule has 0 bridgehead atoms. The second-order valence-electron chi connectivity index (χ2n) is 5.52. The molecule has 1 aromatic carbocycles. The van der Waals surface area contributed by atoms with E-state index in [9.17, 15) is 0 Å². The predicted octanol–water partition coefficient (Wildman–Crippen LogP) is 2.80. The summed E-state index contributed by atoms with van der Waals surface area (Å²) in [5, 5.41) is 5.41.